The maximum Gasteiger partial charge on any atom is 0.417 e. The molecule has 0 aromatic heterocycles. The average Bonchev–Trinajstić information content (AvgIpc) is 2.28. The smallest absolute Gasteiger partial charge is 0.388 e. The van der Waals surface area contributed by atoms with E-state index in [1.807, 2.05) is 0 Å². The first-order chi connectivity index (χ1) is 8.49. The third kappa shape index (κ3) is 5.16. The fourth-order valence-electron chi connectivity index (χ4n) is 2.17. The number of esters is 1. The Morgan fingerprint density at radius 3 is 2.50 bits per heavy atom. The van der Waals surface area contributed by atoms with Crippen molar-refractivity contribution in [2.45, 2.75) is 39.0 Å². The van der Waals surface area contributed by atoms with E-state index in [2.05, 4.69) is 4.74 Å². The number of hydrogen-bond acceptors (Lipinski definition) is 4. The van der Waals surface area contributed by atoms with Crippen molar-refractivity contribution in [1.29, 1.82) is 5.41 Å². The first-order valence-electron chi connectivity index (χ1n) is 6.29. The molecule has 3 N–H and O–H groups in total. The van der Waals surface area contributed by atoms with Gasteiger partial charge in [0, 0.05) is 26.4 Å². The van der Waals surface area contributed by atoms with Crippen molar-refractivity contribution in [3.63, 3.8) is 0 Å². The number of amidine groups is 1. The Balaban J connectivity index is 2.22. The molecule has 1 fully saturated rings. The van der Waals surface area contributed by atoms with Gasteiger partial charge in [-0.3, -0.25) is 10.2 Å². The maximum absolute atomic E-state index is 11.5. The molecule has 0 atom stereocenters. The second-order valence-electron chi connectivity index (χ2n) is 4.71. The van der Waals surface area contributed by atoms with E-state index in [0.717, 1.165) is 25.7 Å². The second kappa shape index (κ2) is 6.98. The Labute approximate surface area is 107 Å². The van der Waals surface area contributed by atoms with Gasteiger partial charge in [-0.1, -0.05) is 0 Å². The molecule has 1 aliphatic rings. The molecule has 0 bridgehead atoms. The third-order valence-corrected chi connectivity index (χ3v) is 3.16. The largest absolute Gasteiger partial charge is 0.417 e. The van der Waals surface area contributed by atoms with Crippen molar-refractivity contribution in [3.8, 4) is 0 Å². The summed E-state index contributed by atoms with van der Waals surface area (Å²) in [7, 11) is 0. The number of likely N-dealkylation sites (tertiary alicyclic amines) is 1. The van der Waals surface area contributed by atoms with Crippen LogP contribution in [0.1, 0.15) is 39.0 Å². The van der Waals surface area contributed by atoms with E-state index in [9.17, 15) is 9.59 Å². The van der Waals surface area contributed by atoms with E-state index in [-0.39, 0.29) is 5.84 Å². The summed E-state index contributed by atoms with van der Waals surface area (Å²) in [5, 5.41) is 7.14. The number of carbonyl (C=O) groups is 2. The molecule has 102 valence electrons. The highest BCUT2D eigenvalue weighted by Gasteiger charge is 2.24. The number of ether oxygens (including phenoxy) is 1. The standard InChI is InChI=1S/C12H21N3O3/c1-9(16)18-12(17)15-7-5-10(6-8-15)3-2-4-11(13)14/h10H,2-8H2,1H3,(H3,13,14). The normalized spacial score (nSPS) is 16.4. The Hall–Kier alpha value is -1.59. The summed E-state index contributed by atoms with van der Waals surface area (Å²) in [5.74, 6) is 0.242. The van der Waals surface area contributed by atoms with Gasteiger partial charge in [0.15, 0.2) is 0 Å². The van der Waals surface area contributed by atoms with Gasteiger partial charge >= 0.3 is 12.1 Å². The summed E-state index contributed by atoms with van der Waals surface area (Å²) in [6, 6.07) is 0. The number of hydrogen-bond donors (Lipinski definition) is 2. The number of carbonyl (C=O) groups excluding carboxylic acids is 2. The lowest BCUT2D eigenvalue weighted by Crippen LogP contribution is -2.39. The number of amides is 1. The molecule has 18 heavy (non-hydrogen) atoms. The molecule has 1 rings (SSSR count). The van der Waals surface area contributed by atoms with E-state index >= 15 is 0 Å². The Kier molecular flexibility index (Phi) is 5.61. The van der Waals surface area contributed by atoms with Gasteiger partial charge in [0.05, 0.1) is 5.84 Å². The summed E-state index contributed by atoms with van der Waals surface area (Å²) < 4.78 is 4.54. The van der Waals surface area contributed by atoms with Crippen molar-refractivity contribution in [3.05, 3.63) is 0 Å². The predicted octanol–water partition coefficient (Wildman–Crippen LogP) is 1.49. The summed E-state index contributed by atoms with van der Waals surface area (Å²) in [5.41, 5.74) is 5.30. The molecule has 0 spiro atoms. The van der Waals surface area contributed by atoms with Crippen LogP contribution < -0.4 is 5.73 Å². The lowest BCUT2D eigenvalue weighted by atomic mass is 9.91. The number of rotatable bonds is 4. The van der Waals surface area contributed by atoms with Gasteiger partial charge in [-0.25, -0.2) is 4.79 Å². The number of nitrogens with two attached hydrogens (primary N) is 1. The number of piperidine rings is 1. The van der Waals surface area contributed by atoms with Gasteiger partial charge in [-0.05, 0) is 31.6 Å². The third-order valence-electron chi connectivity index (χ3n) is 3.16. The van der Waals surface area contributed by atoms with Crippen molar-refractivity contribution in [1.82, 2.24) is 4.90 Å². The van der Waals surface area contributed by atoms with E-state index in [4.69, 9.17) is 11.1 Å². The van der Waals surface area contributed by atoms with Gasteiger partial charge in [0.2, 0.25) is 0 Å². The zero-order chi connectivity index (χ0) is 13.5. The van der Waals surface area contributed by atoms with Crippen LogP contribution in [0.2, 0.25) is 0 Å². The summed E-state index contributed by atoms with van der Waals surface area (Å²) in [6.45, 7) is 2.50. The van der Waals surface area contributed by atoms with Crippen LogP contribution in [-0.4, -0.2) is 35.9 Å². The zero-order valence-corrected chi connectivity index (χ0v) is 10.8. The van der Waals surface area contributed by atoms with Crippen molar-refractivity contribution in [2.24, 2.45) is 11.7 Å². The van der Waals surface area contributed by atoms with Gasteiger partial charge in [-0.2, -0.15) is 0 Å². The van der Waals surface area contributed by atoms with E-state index in [1.54, 1.807) is 4.90 Å². The Morgan fingerprint density at radius 2 is 2.00 bits per heavy atom. The van der Waals surface area contributed by atoms with Crippen LogP contribution in [0.5, 0.6) is 0 Å². The second-order valence-corrected chi connectivity index (χ2v) is 4.71. The quantitative estimate of drug-likeness (QED) is 0.344. The van der Waals surface area contributed by atoms with Gasteiger partial charge < -0.3 is 15.4 Å². The molecule has 1 saturated heterocycles. The van der Waals surface area contributed by atoms with Gasteiger partial charge in [0.25, 0.3) is 0 Å². The molecule has 0 unspecified atom stereocenters. The lowest BCUT2D eigenvalue weighted by Gasteiger charge is -2.30. The van der Waals surface area contributed by atoms with Crippen molar-refractivity contribution in [2.75, 3.05) is 13.1 Å². The van der Waals surface area contributed by atoms with Crippen molar-refractivity contribution >= 4 is 17.9 Å². The van der Waals surface area contributed by atoms with Crippen LogP contribution in [-0.2, 0) is 9.53 Å². The lowest BCUT2D eigenvalue weighted by molar-refractivity contribution is -0.135. The summed E-state index contributed by atoms with van der Waals surface area (Å²) >= 11 is 0. The van der Waals surface area contributed by atoms with E-state index in [0.29, 0.717) is 25.4 Å². The van der Waals surface area contributed by atoms with Crippen LogP contribution in [0.3, 0.4) is 0 Å². The fraction of sp³-hybridized carbons (Fsp3) is 0.750. The number of nitrogens with one attached hydrogen (secondary N) is 1. The highest BCUT2D eigenvalue weighted by molar-refractivity contribution is 5.83. The SMILES string of the molecule is CC(=O)OC(=O)N1CCC(CCCC(=N)N)CC1. The Morgan fingerprint density at radius 1 is 1.39 bits per heavy atom. The van der Waals surface area contributed by atoms with E-state index in [1.165, 1.54) is 6.92 Å². The molecule has 1 aliphatic heterocycles. The van der Waals surface area contributed by atoms with Crippen LogP contribution >= 0.6 is 0 Å². The molecule has 0 radical (unpaired) electrons. The minimum atomic E-state index is -0.566. The molecule has 6 heteroatoms. The topological polar surface area (TPSA) is 96.5 Å². The Bertz CT molecular complexity index is 323. The molecule has 0 aromatic carbocycles. The van der Waals surface area contributed by atoms with Crippen LogP contribution in [0.15, 0.2) is 0 Å². The molecule has 0 aromatic rings. The zero-order valence-electron chi connectivity index (χ0n) is 10.8. The van der Waals surface area contributed by atoms with Crippen LogP contribution in [0, 0.1) is 11.3 Å². The molecule has 0 aliphatic carbocycles. The molecular weight excluding hydrogens is 234 g/mol. The molecule has 1 heterocycles. The summed E-state index contributed by atoms with van der Waals surface area (Å²) in [6.07, 6.45) is 3.92. The van der Waals surface area contributed by atoms with Crippen molar-refractivity contribution < 1.29 is 14.3 Å². The first-order valence-corrected chi connectivity index (χ1v) is 6.29. The summed E-state index contributed by atoms with van der Waals surface area (Å²) in [4.78, 5) is 23.7. The first kappa shape index (κ1) is 14.5. The fourth-order valence-corrected chi connectivity index (χ4v) is 2.17. The van der Waals surface area contributed by atoms with Gasteiger partial charge in [-0.15, -0.1) is 0 Å². The maximum atomic E-state index is 11.5. The molecular formula is C12H21N3O3. The van der Waals surface area contributed by atoms with E-state index < -0.39 is 12.1 Å². The van der Waals surface area contributed by atoms with Gasteiger partial charge in [0.1, 0.15) is 0 Å². The predicted molar refractivity (Wildman–Crippen MR) is 67.2 cm³/mol. The minimum Gasteiger partial charge on any atom is -0.388 e. The highest BCUT2D eigenvalue weighted by Crippen LogP contribution is 2.22. The average molecular weight is 255 g/mol. The number of nitrogens with zero attached hydrogens (tertiary/aromatic N) is 1. The van der Waals surface area contributed by atoms with Crippen LogP contribution in [0.25, 0.3) is 0 Å². The monoisotopic (exact) mass is 255 g/mol. The van der Waals surface area contributed by atoms with Crippen LogP contribution in [0.4, 0.5) is 4.79 Å². The molecule has 0 saturated carbocycles. The highest BCUT2D eigenvalue weighted by atomic mass is 16.6. The minimum absolute atomic E-state index is 0.234. The molecule has 6 nitrogen and oxygen atoms in total. The molecule has 1 amide bonds.